The number of hydrogen-bond donors (Lipinski definition) is 0. The van der Waals surface area contributed by atoms with Crippen LogP contribution in [-0.4, -0.2) is 42.8 Å². The fourth-order valence-corrected chi connectivity index (χ4v) is 3.37. The number of benzene rings is 1. The lowest BCUT2D eigenvalue weighted by molar-refractivity contribution is 0.0749. The number of amides is 1. The topological polar surface area (TPSA) is 65.1 Å². The maximum Gasteiger partial charge on any atom is 0.346 e. The van der Waals surface area contributed by atoms with Crippen molar-refractivity contribution in [2.75, 3.05) is 13.1 Å². The van der Waals surface area contributed by atoms with Crippen molar-refractivity contribution in [3.63, 3.8) is 0 Å². The Morgan fingerprint density at radius 1 is 1.08 bits per heavy atom. The normalized spacial score (nSPS) is 14.1. The van der Waals surface area contributed by atoms with Crippen LogP contribution in [0.4, 0.5) is 0 Å². The molecule has 0 radical (unpaired) electrons. The summed E-state index contributed by atoms with van der Waals surface area (Å²) in [6.45, 7) is 2.00. The molecule has 0 atom stereocenters. The monoisotopic (exact) mass is 351 g/mol. The summed E-state index contributed by atoms with van der Waals surface area (Å²) in [6.07, 6.45) is 2.44. The van der Waals surface area contributed by atoms with E-state index in [1.807, 2.05) is 60.3 Å². The van der Waals surface area contributed by atoms with Gasteiger partial charge >= 0.3 is 5.69 Å². The second-order valence-corrected chi connectivity index (χ2v) is 6.54. The van der Waals surface area contributed by atoms with Gasteiger partial charge in [0.15, 0.2) is 0 Å². The average molecular weight is 351 g/mol. The lowest BCUT2D eigenvalue weighted by atomic mass is 10.2. The molecule has 0 spiro atoms. The number of rotatable bonds is 3. The van der Waals surface area contributed by atoms with Crippen LogP contribution in [0.5, 0.6) is 0 Å². The molecule has 2 aromatic heterocycles. The van der Waals surface area contributed by atoms with Gasteiger partial charge in [-0.1, -0.05) is 30.3 Å². The number of aromatic nitrogens is 4. The summed E-state index contributed by atoms with van der Waals surface area (Å²) in [7, 11) is 1.86. The van der Waals surface area contributed by atoms with E-state index in [-0.39, 0.29) is 11.6 Å². The minimum Gasteiger partial charge on any atom is -0.347 e. The molecule has 4 rings (SSSR count). The molecular formula is C19H21N5O2. The Kier molecular flexibility index (Phi) is 4.20. The van der Waals surface area contributed by atoms with Crippen LogP contribution in [-0.2, 0) is 26.6 Å². The van der Waals surface area contributed by atoms with E-state index in [4.69, 9.17) is 0 Å². The lowest BCUT2D eigenvalue weighted by Crippen LogP contribution is -2.36. The Morgan fingerprint density at radius 3 is 2.62 bits per heavy atom. The van der Waals surface area contributed by atoms with Crippen molar-refractivity contribution in [2.24, 2.45) is 7.05 Å². The van der Waals surface area contributed by atoms with Crippen molar-refractivity contribution in [3.05, 3.63) is 76.2 Å². The zero-order valence-electron chi connectivity index (χ0n) is 14.7. The number of fused-ring (bicyclic) bond motifs is 1. The molecule has 0 saturated heterocycles. The van der Waals surface area contributed by atoms with Crippen molar-refractivity contribution in [2.45, 2.75) is 19.5 Å². The Balaban J connectivity index is 1.52. The molecule has 1 amide bonds. The van der Waals surface area contributed by atoms with Crippen LogP contribution >= 0.6 is 0 Å². The Labute approximate surface area is 151 Å². The maximum atomic E-state index is 12.7. The van der Waals surface area contributed by atoms with E-state index in [0.717, 1.165) is 11.4 Å². The van der Waals surface area contributed by atoms with Crippen LogP contribution in [0.3, 0.4) is 0 Å². The van der Waals surface area contributed by atoms with Gasteiger partial charge in [-0.15, -0.1) is 0 Å². The predicted octanol–water partition coefficient (Wildman–Crippen LogP) is 1.13. The Hall–Kier alpha value is -3.09. The fraction of sp³-hybridized carbons (Fsp3) is 0.316. The number of carbonyl (C=O) groups excluding carboxylic acids is 1. The number of aryl methyl sites for hydroxylation is 1. The molecule has 7 heteroatoms. The third-order valence-corrected chi connectivity index (χ3v) is 4.82. The first-order valence-corrected chi connectivity index (χ1v) is 8.74. The van der Waals surface area contributed by atoms with Crippen LogP contribution in [0.25, 0.3) is 0 Å². The summed E-state index contributed by atoms with van der Waals surface area (Å²) in [5.41, 5.74) is 1.59. The molecule has 0 fully saturated rings. The van der Waals surface area contributed by atoms with Crippen molar-refractivity contribution in [3.8, 4) is 0 Å². The standard InChI is InChI=1S/C19H21N5O2/c1-21-10-5-8-16(21)18(25)22-11-9-17-20-24(19(26)23(17)13-12-22)14-15-6-3-2-4-7-15/h2-8,10H,9,11-14H2,1H3. The fourth-order valence-electron chi connectivity index (χ4n) is 3.37. The van der Waals surface area contributed by atoms with Crippen LogP contribution in [0.15, 0.2) is 53.5 Å². The highest BCUT2D eigenvalue weighted by molar-refractivity contribution is 5.92. The summed E-state index contributed by atoms with van der Waals surface area (Å²) in [5.74, 6) is 0.737. The molecule has 0 unspecified atom stereocenters. The highest BCUT2D eigenvalue weighted by Crippen LogP contribution is 2.10. The molecule has 1 aromatic carbocycles. The first kappa shape index (κ1) is 16.4. The van der Waals surface area contributed by atoms with Crippen LogP contribution in [0.2, 0.25) is 0 Å². The van der Waals surface area contributed by atoms with E-state index in [1.54, 1.807) is 9.47 Å². The van der Waals surface area contributed by atoms with Crippen molar-refractivity contribution < 1.29 is 4.79 Å². The Bertz CT molecular complexity index is 983. The van der Waals surface area contributed by atoms with Gasteiger partial charge in [0.1, 0.15) is 11.5 Å². The molecule has 0 N–H and O–H groups in total. The molecule has 0 saturated carbocycles. The summed E-state index contributed by atoms with van der Waals surface area (Å²) in [6, 6.07) is 13.5. The van der Waals surface area contributed by atoms with Gasteiger partial charge in [-0.3, -0.25) is 9.36 Å². The molecule has 7 nitrogen and oxygen atoms in total. The molecule has 0 bridgehead atoms. The van der Waals surface area contributed by atoms with Gasteiger partial charge in [0, 0.05) is 39.3 Å². The summed E-state index contributed by atoms with van der Waals surface area (Å²) >= 11 is 0. The second-order valence-electron chi connectivity index (χ2n) is 6.54. The third kappa shape index (κ3) is 2.96. The maximum absolute atomic E-state index is 12.7. The van der Waals surface area contributed by atoms with Crippen LogP contribution < -0.4 is 5.69 Å². The van der Waals surface area contributed by atoms with E-state index in [1.165, 1.54) is 4.68 Å². The predicted molar refractivity (Wildman–Crippen MR) is 97.1 cm³/mol. The summed E-state index contributed by atoms with van der Waals surface area (Å²) < 4.78 is 5.03. The van der Waals surface area contributed by atoms with Crippen LogP contribution in [0.1, 0.15) is 21.9 Å². The van der Waals surface area contributed by atoms with Gasteiger partial charge in [-0.2, -0.15) is 5.10 Å². The molecule has 134 valence electrons. The minimum absolute atomic E-state index is 0.00661. The summed E-state index contributed by atoms with van der Waals surface area (Å²) in [5, 5.41) is 4.50. The highest BCUT2D eigenvalue weighted by Gasteiger charge is 2.24. The van der Waals surface area contributed by atoms with Crippen molar-refractivity contribution >= 4 is 5.91 Å². The van der Waals surface area contributed by atoms with Crippen molar-refractivity contribution in [1.82, 2.24) is 23.8 Å². The highest BCUT2D eigenvalue weighted by atomic mass is 16.2. The first-order valence-electron chi connectivity index (χ1n) is 8.74. The average Bonchev–Trinajstić information content (AvgIpc) is 3.12. The zero-order valence-corrected chi connectivity index (χ0v) is 14.7. The SMILES string of the molecule is Cn1cccc1C(=O)N1CCc2nn(Cc3ccccc3)c(=O)n2CC1. The molecule has 1 aliphatic rings. The number of hydrogen-bond acceptors (Lipinski definition) is 3. The molecule has 3 aromatic rings. The number of carbonyl (C=O) groups is 1. The minimum atomic E-state index is -0.114. The summed E-state index contributed by atoms with van der Waals surface area (Å²) in [4.78, 5) is 27.2. The molecular weight excluding hydrogens is 330 g/mol. The van der Waals surface area contributed by atoms with E-state index in [0.29, 0.717) is 38.3 Å². The van der Waals surface area contributed by atoms with Gasteiger partial charge in [-0.25, -0.2) is 9.48 Å². The quantitative estimate of drug-likeness (QED) is 0.711. The molecule has 1 aliphatic heterocycles. The van der Waals surface area contributed by atoms with E-state index < -0.39 is 0 Å². The van der Waals surface area contributed by atoms with Gasteiger partial charge in [0.25, 0.3) is 5.91 Å². The largest absolute Gasteiger partial charge is 0.347 e. The zero-order chi connectivity index (χ0) is 18.1. The van der Waals surface area contributed by atoms with Gasteiger partial charge in [0.2, 0.25) is 0 Å². The van der Waals surface area contributed by atoms with E-state index in [9.17, 15) is 9.59 Å². The van der Waals surface area contributed by atoms with Gasteiger partial charge < -0.3 is 9.47 Å². The lowest BCUT2D eigenvalue weighted by Gasteiger charge is -2.20. The van der Waals surface area contributed by atoms with E-state index in [2.05, 4.69) is 5.10 Å². The first-order chi connectivity index (χ1) is 12.6. The molecule has 3 heterocycles. The van der Waals surface area contributed by atoms with E-state index >= 15 is 0 Å². The van der Waals surface area contributed by atoms with Gasteiger partial charge in [-0.05, 0) is 17.7 Å². The molecule has 26 heavy (non-hydrogen) atoms. The van der Waals surface area contributed by atoms with Crippen LogP contribution in [0, 0.1) is 0 Å². The van der Waals surface area contributed by atoms with Crippen molar-refractivity contribution in [1.29, 1.82) is 0 Å². The second kappa shape index (κ2) is 6.67. The smallest absolute Gasteiger partial charge is 0.346 e. The number of nitrogens with zero attached hydrogens (tertiary/aromatic N) is 5. The third-order valence-electron chi connectivity index (χ3n) is 4.82. The molecule has 0 aliphatic carbocycles. The van der Waals surface area contributed by atoms with Gasteiger partial charge in [0.05, 0.1) is 6.54 Å². The Morgan fingerprint density at radius 2 is 1.88 bits per heavy atom.